The molecular formula is C28H25ClN2O5S. The maximum absolute atomic E-state index is 13.1. The highest BCUT2D eigenvalue weighted by molar-refractivity contribution is 7.92. The van der Waals surface area contributed by atoms with Crippen LogP contribution in [0, 0.1) is 5.92 Å². The monoisotopic (exact) mass is 536 g/mol. The summed E-state index contributed by atoms with van der Waals surface area (Å²) >= 11 is 6.19. The van der Waals surface area contributed by atoms with Crippen LogP contribution in [0.25, 0.3) is 21.9 Å². The lowest BCUT2D eigenvalue weighted by molar-refractivity contribution is -0.140. The van der Waals surface area contributed by atoms with Crippen LogP contribution in [0.2, 0.25) is 5.02 Å². The Bertz CT molecular complexity index is 1580. The Labute approximate surface area is 220 Å². The lowest BCUT2D eigenvalue weighted by Gasteiger charge is -2.18. The van der Waals surface area contributed by atoms with Crippen LogP contribution in [0.15, 0.2) is 89.8 Å². The molecule has 0 fully saturated rings. The van der Waals surface area contributed by atoms with Gasteiger partial charge < -0.3 is 10.4 Å². The highest BCUT2D eigenvalue weighted by Gasteiger charge is 2.24. The van der Waals surface area contributed by atoms with Crippen LogP contribution in [0.1, 0.15) is 24.2 Å². The average Bonchev–Trinajstić information content (AvgIpc) is 2.86. The number of nitrogens with one attached hydrogen (secondary N) is 2. The summed E-state index contributed by atoms with van der Waals surface area (Å²) in [6.07, 6.45) is 0. The fraction of sp³-hybridized carbons (Fsp3) is 0.143. The lowest BCUT2D eigenvalue weighted by atomic mass is 10.0. The van der Waals surface area contributed by atoms with Gasteiger partial charge in [-0.2, -0.15) is 0 Å². The topological polar surface area (TPSA) is 113 Å². The smallest absolute Gasteiger partial charge is 0.326 e. The first-order chi connectivity index (χ1) is 17.5. The summed E-state index contributed by atoms with van der Waals surface area (Å²) in [7, 11) is -3.85. The fourth-order valence-corrected chi connectivity index (χ4v) is 5.25. The first-order valence-electron chi connectivity index (χ1n) is 11.5. The molecule has 0 aliphatic heterocycles. The molecule has 0 aliphatic carbocycles. The van der Waals surface area contributed by atoms with E-state index in [-0.39, 0.29) is 10.8 Å². The van der Waals surface area contributed by atoms with Crippen molar-refractivity contribution < 1.29 is 23.1 Å². The third kappa shape index (κ3) is 5.93. The molecule has 0 aliphatic rings. The van der Waals surface area contributed by atoms with E-state index < -0.39 is 27.9 Å². The van der Waals surface area contributed by atoms with E-state index in [0.717, 1.165) is 21.9 Å². The number of carbonyl (C=O) groups excluding carboxylic acids is 1. The number of sulfonamides is 1. The Morgan fingerprint density at radius 3 is 2.24 bits per heavy atom. The summed E-state index contributed by atoms with van der Waals surface area (Å²) in [6.45, 7) is 3.44. The number of benzene rings is 4. The highest BCUT2D eigenvalue weighted by atomic mass is 35.5. The fourth-order valence-electron chi connectivity index (χ4n) is 3.92. The van der Waals surface area contributed by atoms with Gasteiger partial charge in [-0.1, -0.05) is 67.9 Å². The van der Waals surface area contributed by atoms with E-state index in [1.165, 1.54) is 6.07 Å². The molecule has 9 heteroatoms. The zero-order valence-corrected chi connectivity index (χ0v) is 21.7. The second-order valence-corrected chi connectivity index (χ2v) is 11.0. The van der Waals surface area contributed by atoms with Crippen molar-refractivity contribution in [2.75, 3.05) is 4.72 Å². The molecule has 0 spiro atoms. The molecular weight excluding hydrogens is 512 g/mol. The van der Waals surface area contributed by atoms with Crippen molar-refractivity contribution in [2.24, 2.45) is 5.92 Å². The van der Waals surface area contributed by atoms with Crippen molar-refractivity contribution in [1.82, 2.24) is 5.32 Å². The number of rotatable bonds is 8. The lowest BCUT2D eigenvalue weighted by Crippen LogP contribution is -2.44. The first kappa shape index (κ1) is 26.2. The van der Waals surface area contributed by atoms with Crippen LogP contribution in [0.3, 0.4) is 0 Å². The standard InChI is InChI=1S/C28H25ClN2O5S/c1-17(2)26(28(33)34)30-27(32)19-11-9-18(10-12-19)20-5-3-7-22(15-20)31-37(35,36)23-13-14-24-21(16-23)6-4-8-25(24)29/h3-17,26,31H,1-2H3,(H,30,32)(H,33,34)/t26-/m0/s1. The molecule has 4 rings (SSSR count). The van der Waals surface area contributed by atoms with E-state index in [0.29, 0.717) is 16.3 Å². The number of aliphatic carboxylic acids is 1. The van der Waals surface area contributed by atoms with Crippen molar-refractivity contribution in [1.29, 1.82) is 0 Å². The predicted molar refractivity (Wildman–Crippen MR) is 145 cm³/mol. The number of hydrogen-bond acceptors (Lipinski definition) is 4. The van der Waals surface area contributed by atoms with Gasteiger partial charge in [0.1, 0.15) is 6.04 Å². The van der Waals surface area contributed by atoms with Crippen molar-refractivity contribution in [2.45, 2.75) is 24.8 Å². The maximum Gasteiger partial charge on any atom is 0.326 e. The van der Waals surface area contributed by atoms with E-state index in [9.17, 15) is 23.1 Å². The van der Waals surface area contributed by atoms with Gasteiger partial charge in [0, 0.05) is 21.7 Å². The van der Waals surface area contributed by atoms with Crippen LogP contribution in [-0.4, -0.2) is 31.4 Å². The molecule has 0 bridgehead atoms. The number of fused-ring (bicyclic) bond motifs is 1. The molecule has 7 nitrogen and oxygen atoms in total. The number of hydrogen-bond donors (Lipinski definition) is 3. The number of amides is 1. The number of halogens is 1. The van der Waals surface area contributed by atoms with Crippen molar-refractivity contribution >= 4 is 50.0 Å². The van der Waals surface area contributed by atoms with Crippen molar-refractivity contribution in [3.8, 4) is 11.1 Å². The molecule has 0 saturated heterocycles. The Balaban J connectivity index is 1.53. The van der Waals surface area contributed by atoms with Crippen LogP contribution in [0.4, 0.5) is 5.69 Å². The molecule has 0 heterocycles. The molecule has 37 heavy (non-hydrogen) atoms. The summed E-state index contributed by atoms with van der Waals surface area (Å²) < 4.78 is 28.7. The molecule has 0 radical (unpaired) electrons. The van der Waals surface area contributed by atoms with E-state index >= 15 is 0 Å². The molecule has 0 unspecified atom stereocenters. The predicted octanol–water partition coefficient (Wildman–Crippen LogP) is 5.80. The minimum atomic E-state index is -3.85. The minimum Gasteiger partial charge on any atom is -0.480 e. The normalized spacial score (nSPS) is 12.3. The third-order valence-corrected chi connectivity index (χ3v) is 7.63. The summed E-state index contributed by atoms with van der Waals surface area (Å²) in [6, 6.07) is 22.6. The number of carboxylic acids is 1. The number of anilines is 1. The Morgan fingerprint density at radius 1 is 0.865 bits per heavy atom. The molecule has 190 valence electrons. The highest BCUT2D eigenvalue weighted by Crippen LogP contribution is 2.28. The van der Waals surface area contributed by atoms with Crippen LogP contribution in [0.5, 0.6) is 0 Å². The van der Waals surface area contributed by atoms with Gasteiger partial charge in [-0.15, -0.1) is 0 Å². The molecule has 1 amide bonds. The Hall–Kier alpha value is -3.88. The Kier molecular flexibility index (Phi) is 7.52. The maximum atomic E-state index is 13.1. The van der Waals surface area contributed by atoms with E-state index in [1.807, 2.05) is 6.07 Å². The van der Waals surface area contributed by atoms with E-state index in [1.54, 1.807) is 86.6 Å². The van der Waals surface area contributed by atoms with Gasteiger partial charge >= 0.3 is 5.97 Å². The van der Waals surface area contributed by atoms with Gasteiger partial charge in [0.25, 0.3) is 15.9 Å². The van der Waals surface area contributed by atoms with E-state index in [2.05, 4.69) is 10.0 Å². The summed E-state index contributed by atoms with van der Waals surface area (Å²) in [4.78, 5) is 24.0. The SMILES string of the molecule is CC(C)[C@H](NC(=O)c1ccc(-c2cccc(NS(=O)(=O)c3ccc4c(Cl)cccc4c3)c2)cc1)C(=O)O. The minimum absolute atomic E-state index is 0.115. The third-order valence-electron chi connectivity index (χ3n) is 5.92. The van der Waals surface area contributed by atoms with Gasteiger partial charge in [0.2, 0.25) is 0 Å². The molecule has 1 atom stereocenters. The van der Waals surface area contributed by atoms with Crippen molar-refractivity contribution in [3.05, 3.63) is 95.5 Å². The summed E-state index contributed by atoms with van der Waals surface area (Å²) in [5, 5.41) is 13.9. The molecule has 3 N–H and O–H groups in total. The second kappa shape index (κ2) is 10.6. The van der Waals surface area contributed by atoms with Gasteiger partial charge in [0.15, 0.2) is 0 Å². The number of carbonyl (C=O) groups is 2. The van der Waals surface area contributed by atoms with E-state index in [4.69, 9.17) is 11.6 Å². The van der Waals surface area contributed by atoms with Crippen LogP contribution >= 0.6 is 11.6 Å². The molecule has 0 saturated carbocycles. The second-order valence-electron chi connectivity index (χ2n) is 8.92. The zero-order chi connectivity index (χ0) is 26.7. The van der Waals surface area contributed by atoms with Crippen LogP contribution < -0.4 is 10.0 Å². The molecule has 4 aromatic rings. The molecule has 0 aromatic heterocycles. The van der Waals surface area contributed by atoms with Gasteiger partial charge in [-0.3, -0.25) is 9.52 Å². The average molecular weight is 537 g/mol. The first-order valence-corrected chi connectivity index (χ1v) is 13.4. The summed E-state index contributed by atoms with van der Waals surface area (Å²) in [5.41, 5.74) is 2.20. The molecule has 4 aromatic carbocycles. The zero-order valence-electron chi connectivity index (χ0n) is 20.1. The number of carboxylic acid groups (broad SMARTS) is 1. The quantitative estimate of drug-likeness (QED) is 0.263. The summed E-state index contributed by atoms with van der Waals surface area (Å²) in [5.74, 6) is -1.84. The van der Waals surface area contributed by atoms with Crippen LogP contribution in [-0.2, 0) is 14.8 Å². The van der Waals surface area contributed by atoms with Crippen molar-refractivity contribution in [3.63, 3.8) is 0 Å². The van der Waals surface area contributed by atoms with Gasteiger partial charge in [-0.25, -0.2) is 13.2 Å². The van der Waals surface area contributed by atoms with Gasteiger partial charge in [0.05, 0.1) is 4.90 Å². The largest absolute Gasteiger partial charge is 0.480 e. The van der Waals surface area contributed by atoms with Gasteiger partial charge in [-0.05, 0) is 64.9 Å². The Morgan fingerprint density at radius 2 is 1.57 bits per heavy atom.